The molecule has 2 amide bonds. The molecule has 88 valence electrons. The number of carbonyl (C=O) groups is 2. The van der Waals surface area contributed by atoms with E-state index < -0.39 is 5.97 Å². The van der Waals surface area contributed by atoms with Gasteiger partial charge >= 0.3 is 12.0 Å². The predicted molar refractivity (Wildman–Crippen MR) is 63.7 cm³/mol. The fourth-order valence-corrected chi connectivity index (χ4v) is 1.96. The van der Waals surface area contributed by atoms with Crippen LogP contribution in [0, 0.1) is 0 Å². The number of carboxylic acid groups (broad SMARTS) is 1. The van der Waals surface area contributed by atoms with E-state index in [0.29, 0.717) is 5.13 Å². The average molecular weight is 308 g/mol. The number of carbonyl (C=O) groups excluding carboxylic acids is 1. The van der Waals surface area contributed by atoms with Crippen LogP contribution < -0.4 is 5.32 Å². The number of aliphatic carboxylic acids is 1. The van der Waals surface area contributed by atoms with Crippen LogP contribution in [0.2, 0.25) is 0 Å². The molecule has 0 unspecified atom stereocenters. The fraction of sp³-hybridized carbons (Fsp3) is 0.375. The van der Waals surface area contributed by atoms with Gasteiger partial charge in [0, 0.05) is 13.6 Å². The molecule has 0 atom stereocenters. The molecule has 0 saturated heterocycles. The molecule has 8 heteroatoms. The lowest BCUT2D eigenvalue weighted by atomic mass is 10.4. The summed E-state index contributed by atoms with van der Waals surface area (Å²) in [6.07, 6.45) is 1.50. The summed E-state index contributed by atoms with van der Waals surface area (Å²) < 4.78 is 0.816. The molecule has 0 radical (unpaired) electrons. The molecular weight excluding hydrogens is 298 g/mol. The minimum atomic E-state index is -0.934. The highest BCUT2D eigenvalue weighted by molar-refractivity contribution is 9.11. The van der Waals surface area contributed by atoms with Crippen molar-refractivity contribution in [1.29, 1.82) is 0 Å². The molecule has 6 nitrogen and oxygen atoms in total. The second-order valence-corrected chi connectivity index (χ2v) is 5.37. The molecule has 0 aliphatic heterocycles. The molecular formula is C8H10BrN3O3S. The third-order valence-electron chi connectivity index (χ3n) is 1.70. The lowest BCUT2D eigenvalue weighted by molar-refractivity contribution is -0.137. The first kappa shape index (κ1) is 12.9. The van der Waals surface area contributed by atoms with Crippen LogP contribution in [0.4, 0.5) is 9.93 Å². The van der Waals surface area contributed by atoms with Crippen molar-refractivity contribution < 1.29 is 14.7 Å². The zero-order valence-electron chi connectivity index (χ0n) is 8.44. The van der Waals surface area contributed by atoms with Gasteiger partial charge in [-0.3, -0.25) is 10.1 Å². The van der Waals surface area contributed by atoms with Gasteiger partial charge in [0.15, 0.2) is 5.13 Å². The van der Waals surface area contributed by atoms with Gasteiger partial charge in [0.1, 0.15) is 0 Å². The van der Waals surface area contributed by atoms with Gasteiger partial charge in [0.25, 0.3) is 0 Å². The van der Waals surface area contributed by atoms with E-state index in [4.69, 9.17) is 5.11 Å². The van der Waals surface area contributed by atoms with E-state index in [1.807, 2.05) is 0 Å². The Balaban J connectivity index is 2.42. The van der Waals surface area contributed by atoms with Gasteiger partial charge in [0.05, 0.1) is 16.4 Å². The zero-order chi connectivity index (χ0) is 12.1. The van der Waals surface area contributed by atoms with Gasteiger partial charge in [-0.05, 0) is 15.9 Å². The normalized spacial score (nSPS) is 9.88. The van der Waals surface area contributed by atoms with E-state index in [1.54, 1.807) is 6.20 Å². The smallest absolute Gasteiger partial charge is 0.323 e. The largest absolute Gasteiger partial charge is 0.481 e. The van der Waals surface area contributed by atoms with Crippen molar-refractivity contribution in [2.75, 3.05) is 18.9 Å². The number of anilines is 1. The number of thiazole rings is 1. The Morgan fingerprint density at radius 3 is 2.88 bits per heavy atom. The highest BCUT2D eigenvalue weighted by Gasteiger charge is 2.11. The number of nitrogens with zero attached hydrogens (tertiary/aromatic N) is 2. The molecule has 2 N–H and O–H groups in total. The second kappa shape index (κ2) is 5.80. The Hall–Kier alpha value is -1.15. The maximum atomic E-state index is 11.5. The molecule has 1 heterocycles. The van der Waals surface area contributed by atoms with Gasteiger partial charge in [-0.1, -0.05) is 11.3 Å². The van der Waals surface area contributed by atoms with Crippen molar-refractivity contribution in [2.24, 2.45) is 0 Å². The molecule has 16 heavy (non-hydrogen) atoms. The van der Waals surface area contributed by atoms with Crippen LogP contribution >= 0.6 is 27.3 Å². The Labute approximate surface area is 104 Å². The summed E-state index contributed by atoms with van der Waals surface area (Å²) in [5, 5.41) is 11.5. The molecule has 0 spiro atoms. The van der Waals surface area contributed by atoms with Crippen LogP contribution in [0.25, 0.3) is 0 Å². The number of hydrogen-bond acceptors (Lipinski definition) is 4. The summed E-state index contributed by atoms with van der Waals surface area (Å²) in [6.45, 7) is 0.160. The van der Waals surface area contributed by atoms with E-state index in [-0.39, 0.29) is 19.0 Å². The molecule has 1 aromatic heterocycles. The van der Waals surface area contributed by atoms with Crippen LogP contribution in [0.5, 0.6) is 0 Å². The topological polar surface area (TPSA) is 82.5 Å². The Bertz CT molecular complexity index is 396. The number of rotatable bonds is 4. The number of nitrogens with one attached hydrogen (secondary N) is 1. The number of aromatic nitrogens is 1. The molecule has 0 aromatic carbocycles. The molecule has 0 bridgehead atoms. The van der Waals surface area contributed by atoms with Gasteiger partial charge in [0.2, 0.25) is 0 Å². The highest BCUT2D eigenvalue weighted by Crippen LogP contribution is 2.23. The zero-order valence-corrected chi connectivity index (χ0v) is 10.8. The van der Waals surface area contributed by atoms with Crippen molar-refractivity contribution in [3.05, 3.63) is 9.98 Å². The molecule has 0 fully saturated rings. The van der Waals surface area contributed by atoms with Crippen LogP contribution in [0.3, 0.4) is 0 Å². The van der Waals surface area contributed by atoms with Gasteiger partial charge < -0.3 is 10.0 Å². The summed E-state index contributed by atoms with van der Waals surface area (Å²) in [7, 11) is 1.53. The van der Waals surface area contributed by atoms with E-state index >= 15 is 0 Å². The van der Waals surface area contributed by atoms with Crippen molar-refractivity contribution in [1.82, 2.24) is 9.88 Å². The summed E-state index contributed by atoms with van der Waals surface area (Å²) in [5.74, 6) is -0.934. The third-order valence-corrected chi connectivity index (χ3v) is 3.09. The van der Waals surface area contributed by atoms with E-state index in [0.717, 1.165) is 3.79 Å². The van der Waals surface area contributed by atoms with Crippen LogP contribution in [-0.4, -0.2) is 40.6 Å². The third kappa shape index (κ3) is 4.15. The maximum absolute atomic E-state index is 11.5. The summed E-state index contributed by atoms with van der Waals surface area (Å²) in [4.78, 5) is 27.0. The number of amides is 2. The van der Waals surface area contributed by atoms with Crippen molar-refractivity contribution in [3.8, 4) is 0 Å². The van der Waals surface area contributed by atoms with Crippen molar-refractivity contribution in [2.45, 2.75) is 6.42 Å². The number of hydrogen-bond donors (Lipinski definition) is 2. The lowest BCUT2D eigenvalue weighted by Gasteiger charge is -2.15. The fourth-order valence-electron chi connectivity index (χ4n) is 0.864. The quantitative estimate of drug-likeness (QED) is 0.889. The first-order chi connectivity index (χ1) is 7.49. The van der Waals surface area contributed by atoms with Gasteiger partial charge in [-0.15, -0.1) is 0 Å². The summed E-state index contributed by atoms with van der Waals surface area (Å²) in [6, 6.07) is -0.372. The SMILES string of the molecule is CN(CCC(=O)O)C(=O)Nc1ncc(Br)s1. The Kier molecular flexibility index (Phi) is 4.69. The van der Waals surface area contributed by atoms with Crippen molar-refractivity contribution >= 4 is 44.4 Å². The minimum absolute atomic E-state index is 0.0779. The molecule has 0 aliphatic rings. The van der Waals surface area contributed by atoms with Gasteiger partial charge in [-0.25, -0.2) is 9.78 Å². The summed E-state index contributed by atoms with van der Waals surface area (Å²) >= 11 is 4.51. The number of halogens is 1. The monoisotopic (exact) mass is 307 g/mol. The predicted octanol–water partition coefficient (Wildman–Crippen LogP) is 1.84. The minimum Gasteiger partial charge on any atom is -0.481 e. The molecule has 0 aliphatic carbocycles. The van der Waals surface area contributed by atoms with E-state index in [9.17, 15) is 9.59 Å². The first-order valence-corrected chi connectivity index (χ1v) is 5.95. The maximum Gasteiger partial charge on any atom is 0.323 e. The van der Waals surface area contributed by atoms with Gasteiger partial charge in [-0.2, -0.15) is 0 Å². The first-order valence-electron chi connectivity index (χ1n) is 4.34. The lowest BCUT2D eigenvalue weighted by Crippen LogP contribution is -2.33. The van der Waals surface area contributed by atoms with Crippen LogP contribution in [0.15, 0.2) is 9.98 Å². The van der Waals surface area contributed by atoms with E-state index in [1.165, 1.54) is 23.3 Å². The Morgan fingerprint density at radius 1 is 1.69 bits per heavy atom. The molecule has 1 rings (SSSR count). The van der Waals surface area contributed by atoms with Crippen LogP contribution in [0.1, 0.15) is 6.42 Å². The summed E-state index contributed by atoms with van der Waals surface area (Å²) in [5.41, 5.74) is 0. The number of urea groups is 1. The number of carboxylic acids is 1. The Morgan fingerprint density at radius 2 is 2.38 bits per heavy atom. The van der Waals surface area contributed by atoms with Crippen LogP contribution in [-0.2, 0) is 4.79 Å². The molecule has 1 aromatic rings. The molecule has 0 saturated carbocycles. The standard InChI is InChI=1S/C8H10BrN3O3S/c1-12(3-2-6(13)14)8(15)11-7-10-4-5(9)16-7/h4H,2-3H2,1H3,(H,13,14)(H,10,11,15). The van der Waals surface area contributed by atoms with Crippen molar-refractivity contribution in [3.63, 3.8) is 0 Å². The second-order valence-electron chi connectivity index (χ2n) is 2.96. The highest BCUT2D eigenvalue weighted by atomic mass is 79.9. The van der Waals surface area contributed by atoms with E-state index in [2.05, 4.69) is 26.2 Å². The average Bonchev–Trinajstić information content (AvgIpc) is 2.60.